The number of carbonyl (C=O) groups excluding carboxylic acids is 2. The molecule has 0 heterocycles. The Morgan fingerprint density at radius 1 is 0.562 bits per heavy atom. The smallest absolute Gasteiger partial charge is 0.387 e. The van der Waals surface area contributed by atoms with Crippen LogP contribution in [0.2, 0.25) is 0 Å². The molecule has 0 atom stereocenters. The zero-order valence-corrected chi connectivity index (χ0v) is 16.0. The predicted octanol–water partition coefficient (Wildman–Crippen LogP) is 5.33. The Labute approximate surface area is 178 Å². The third-order valence-corrected chi connectivity index (χ3v) is 3.83. The van der Waals surface area contributed by atoms with Crippen molar-refractivity contribution in [2.24, 2.45) is 0 Å². The van der Waals surface area contributed by atoms with Crippen LogP contribution in [0.1, 0.15) is 20.7 Å². The predicted molar refractivity (Wildman–Crippen MR) is 103 cm³/mol. The van der Waals surface area contributed by atoms with Gasteiger partial charge < -0.3 is 18.9 Å². The number of esters is 2. The molecule has 3 aromatic rings. The van der Waals surface area contributed by atoms with Crippen molar-refractivity contribution >= 4 is 11.9 Å². The molecular formula is C22H14F4O6. The molecule has 166 valence electrons. The standard InChI is InChI=1S/C22H14F4O6/c23-21(24)31-17-5-1-3-13(11-17)19(27)29-15-7-9-16(10-8-15)30-20(28)14-4-2-6-18(12-14)32-22(25)26/h1-12,21-22H. The molecule has 0 radical (unpaired) electrons. The van der Waals surface area contributed by atoms with Gasteiger partial charge in [-0.2, -0.15) is 17.6 Å². The topological polar surface area (TPSA) is 71.1 Å². The van der Waals surface area contributed by atoms with E-state index in [1.165, 1.54) is 60.7 Å². The quantitative estimate of drug-likeness (QED) is 0.263. The molecule has 0 N–H and O–H groups in total. The van der Waals surface area contributed by atoms with E-state index < -0.39 is 25.2 Å². The number of halogens is 4. The molecule has 0 bridgehead atoms. The van der Waals surface area contributed by atoms with Gasteiger partial charge in [0, 0.05) is 0 Å². The summed E-state index contributed by atoms with van der Waals surface area (Å²) in [6.07, 6.45) is 0. The van der Waals surface area contributed by atoms with E-state index in [1.807, 2.05) is 0 Å². The van der Waals surface area contributed by atoms with Gasteiger partial charge in [-0.1, -0.05) is 12.1 Å². The number of hydrogen-bond acceptors (Lipinski definition) is 6. The van der Waals surface area contributed by atoms with E-state index in [1.54, 1.807) is 0 Å². The average molecular weight is 450 g/mol. The highest BCUT2D eigenvalue weighted by Crippen LogP contribution is 2.22. The zero-order valence-electron chi connectivity index (χ0n) is 16.0. The Hall–Kier alpha value is -4.08. The lowest BCUT2D eigenvalue weighted by atomic mass is 10.2. The van der Waals surface area contributed by atoms with Gasteiger partial charge in [0.2, 0.25) is 0 Å². The maximum Gasteiger partial charge on any atom is 0.387 e. The molecular weight excluding hydrogens is 436 g/mol. The number of rotatable bonds is 8. The summed E-state index contributed by atoms with van der Waals surface area (Å²) >= 11 is 0. The molecule has 3 rings (SSSR count). The molecule has 0 unspecified atom stereocenters. The molecule has 6 nitrogen and oxygen atoms in total. The zero-order chi connectivity index (χ0) is 23.1. The van der Waals surface area contributed by atoms with Crippen LogP contribution >= 0.6 is 0 Å². The number of carbonyl (C=O) groups is 2. The van der Waals surface area contributed by atoms with E-state index in [0.717, 1.165) is 12.1 Å². The monoisotopic (exact) mass is 450 g/mol. The number of benzene rings is 3. The van der Waals surface area contributed by atoms with E-state index in [0.29, 0.717) is 0 Å². The van der Waals surface area contributed by atoms with E-state index >= 15 is 0 Å². The van der Waals surface area contributed by atoms with E-state index in [-0.39, 0.29) is 34.1 Å². The molecule has 0 saturated carbocycles. The van der Waals surface area contributed by atoms with Gasteiger partial charge in [-0.15, -0.1) is 0 Å². The van der Waals surface area contributed by atoms with Crippen molar-refractivity contribution in [3.8, 4) is 23.0 Å². The SMILES string of the molecule is O=C(Oc1ccc(OC(=O)c2cccc(OC(F)F)c2)cc1)c1cccc(OC(F)F)c1. The second-order valence-corrected chi connectivity index (χ2v) is 6.06. The van der Waals surface area contributed by atoms with Crippen LogP contribution in [-0.4, -0.2) is 25.2 Å². The van der Waals surface area contributed by atoms with Crippen LogP contribution in [0, 0.1) is 0 Å². The lowest BCUT2D eigenvalue weighted by Gasteiger charge is -2.09. The van der Waals surface area contributed by atoms with Crippen molar-refractivity contribution in [2.75, 3.05) is 0 Å². The molecule has 0 spiro atoms. The summed E-state index contributed by atoms with van der Waals surface area (Å²) in [5.41, 5.74) is -0.0193. The van der Waals surface area contributed by atoms with Gasteiger partial charge in [0.15, 0.2) is 0 Å². The van der Waals surface area contributed by atoms with Crippen molar-refractivity contribution in [1.82, 2.24) is 0 Å². The van der Waals surface area contributed by atoms with Gasteiger partial charge in [0.25, 0.3) is 0 Å². The van der Waals surface area contributed by atoms with Crippen LogP contribution in [0.15, 0.2) is 72.8 Å². The van der Waals surface area contributed by atoms with Gasteiger partial charge in [-0.25, -0.2) is 9.59 Å². The first kappa shape index (κ1) is 22.6. The summed E-state index contributed by atoms with van der Waals surface area (Å²) in [6, 6.07) is 15.6. The first-order chi connectivity index (χ1) is 15.3. The Balaban J connectivity index is 1.61. The lowest BCUT2D eigenvalue weighted by Crippen LogP contribution is -2.10. The second-order valence-electron chi connectivity index (χ2n) is 6.06. The van der Waals surface area contributed by atoms with Crippen molar-refractivity contribution in [3.63, 3.8) is 0 Å². The summed E-state index contributed by atoms with van der Waals surface area (Å²) < 4.78 is 68.0. The highest BCUT2D eigenvalue weighted by Gasteiger charge is 2.14. The highest BCUT2D eigenvalue weighted by atomic mass is 19.3. The molecule has 0 saturated heterocycles. The van der Waals surface area contributed by atoms with Crippen LogP contribution in [-0.2, 0) is 0 Å². The third-order valence-electron chi connectivity index (χ3n) is 3.83. The molecule has 32 heavy (non-hydrogen) atoms. The minimum atomic E-state index is -3.03. The average Bonchev–Trinajstić information content (AvgIpc) is 2.74. The fourth-order valence-corrected chi connectivity index (χ4v) is 2.51. The largest absolute Gasteiger partial charge is 0.435 e. The Morgan fingerprint density at radius 2 is 0.938 bits per heavy atom. The summed E-state index contributed by atoms with van der Waals surface area (Å²) in [5.74, 6) is -1.82. The summed E-state index contributed by atoms with van der Waals surface area (Å²) in [6.45, 7) is -6.06. The van der Waals surface area contributed by atoms with E-state index in [2.05, 4.69) is 9.47 Å². The van der Waals surface area contributed by atoms with Crippen molar-refractivity contribution in [3.05, 3.63) is 83.9 Å². The molecule has 0 aliphatic carbocycles. The highest BCUT2D eigenvalue weighted by molar-refractivity contribution is 5.92. The molecule has 3 aromatic carbocycles. The van der Waals surface area contributed by atoms with Gasteiger partial charge in [0.05, 0.1) is 11.1 Å². The van der Waals surface area contributed by atoms with Crippen LogP contribution in [0.4, 0.5) is 17.6 Å². The second kappa shape index (κ2) is 10.3. The van der Waals surface area contributed by atoms with Crippen LogP contribution < -0.4 is 18.9 Å². The molecule has 0 amide bonds. The molecule has 0 fully saturated rings. The normalized spacial score (nSPS) is 10.7. The van der Waals surface area contributed by atoms with Crippen molar-refractivity contribution < 1.29 is 46.1 Å². The first-order valence-electron chi connectivity index (χ1n) is 8.94. The molecule has 0 aliphatic rings. The number of ether oxygens (including phenoxy) is 4. The van der Waals surface area contributed by atoms with E-state index in [4.69, 9.17) is 9.47 Å². The Bertz CT molecular complexity index is 999. The minimum absolute atomic E-state index is 0.00967. The fraction of sp³-hybridized carbons (Fsp3) is 0.0909. The van der Waals surface area contributed by atoms with Gasteiger partial charge in [-0.05, 0) is 60.7 Å². The fourth-order valence-electron chi connectivity index (χ4n) is 2.51. The number of hydrogen-bond donors (Lipinski definition) is 0. The summed E-state index contributed by atoms with van der Waals surface area (Å²) in [7, 11) is 0. The van der Waals surface area contributed by atoms with Crippen LogP contribution in [0.3, 0.4) is 0 Å². The Kier molecular flexibility index (Phi) is 7.27. The van der Waals surface area contributed by atoms with Gasteiger partial charge in [-0.3, -0.25) is 0 Å². The van der Waals surface area contributed by atoms with Crippen LogP contribution in [0.25, 0.3) is 0 Å². The number of alkyl halides is 4. The maximum absolute atomic E-state index is 12.3. The first-order valence-corrected chi connectivity index (χ1v) is 8.94. The molecule has 10 heteroatoms. The van der Waals surface area contributed by atoms with Gasteiger partial charge in [0.1, 0.15) is 23.0 Å². The van der Waals surface area contributed by atoms with Gasteiger partial charge >= 0.3 is 25.2 Å². The van der Waals surface area contributed by atoms with Crippen molar-refractivity contribution in [1.29, 1.82) is 0 Å². The van der Waals surface area contributed by atoms with Crippen molar-refractivity contribution in [2.45, 2.75) is 13.2 Å². The molecule has 0 aliphatic heterocycles. The van der Waals surface area contributed by atoms with E-state index in [9.17, 15) is 27.2 Å². The summed E-state index contributed by atoms with van der Waals surface area (Å²) in [4.78, 5) is 24.4. The lowest BCUT2D eigenvalue weighted by molar-refractivity contribution is -0.0505. The third kappa shape index (κ3) is 6.46. The minimum Gasteiger partial charge on any atom is -0.435 e. The maximum atomic E-state index is 12.3. The molecule has 0 aromatic heterocycles. The Morgan fingerprint density at radius 3 is 1.28 bits per heavy atom. The summed E-state index contributed by atoms with van der Waals surface area (Å²) in [5, 5.41) is 0. The van der Waals surface area contributed by atoms with Crippen LogP contribution in [0.5, 0.6) is 23.0 Å².